The standard InChI is InChI=1S/C55H43N2O.C16H17FN.Ir/c1-35(2)48-32-44(39-21-12-7-13-22-39)33-49(36(3)4)53(48)57-51-26-15-14-25-50(51)56-55(57)47-24-16-23-46-45-28-27-40(34-52(45)58-54(46)47)43-30-41(37-17-8-5-9-18-37)29-42(31-43)38-19-10-6-11-20-38;1-16(2,3)11-12-8-9-18-15(10-12)13-4-6-14(17)7-5-13;/h5-23,25-36H,1-4H3;4,6-10H,11H2,1-3H3;/q2*-1;/i;11D2;. The topological polar surface area (TPSA) is 43.9 Å². The van der Waals surface area contributed by atoms with Crippen molar-refractivity contribution in [3.63, 3.8) is 0 Å². The molecule has 0 aliphatic rings. The van der Waals surface area contributed by atoms with E-state index in [-0.39, 0.29) is 37.8 Å². The molecule has 0 aliphatic carbocycles. The second-order valence-corrected chi connectivity index (χ2v) is 21.1. The van der Waals surface area contributed by atoms with Crippen LogP contribution < -0.4 is 0 Å². The average Bonchev–Trinajstić information content (AvgIpc) is 4.11. The Balaban J connectivity index is 0.000000284. The van der Waals surface area contributed by atoms with E-state index >= 15 is 0 Å². The van der Waals surface area contributed by atoms with Crippen LogP contribution in [-0.2, 0) is 26.5 Å². The average molecular weight is 1180 g/mol. The van der Waals surface area contributed by atoms with Crippen molar-refractivity contribution < 1.29 is 31.7 Å². The molecule has 3 aromatic heterocycles. The Labute approximate surface area is 468 Å². The van der Waals surface area contributed by atoms with Crippen LogP contribution in [0.3, 0.4) is 0 Å². The van der Waals surface area contributed by atoms with Crippen LogP contribution in [0.2, 0.25) is 0 Å². The Morgan fingerprint density at radius 1 is 0.584 bits per heavy atom. The molecular weight excluding hydrogens is 1120 g/mol. The molecule has 0 spiro atoms. The maximum absolute atomic E-state index is 12.9. The molecule has 12 aromatic rings. The van der Waals surface area contributed by atoms with Gasteiger partial charge in [-0.2, -0.15) is 0 Å². The Bertz CT molecular complexity index is 4020. The van der Waals surface area contributed by atoms with Gasteiger partial charge in [0.1, 0.15) is 5.58 Å². The normalized spacial score (nSPS) is 12.1. The van der Waals surface area contributed by atoms with Gasteiger partial charge in [-0.3, -0.25) is 9.37 Å². The van der Waals surface area contributed by atoms with Gasteiger partial charge in [0, 0.05) is 45.9 Å². The van der Waals surface area contributed by atoms with Crippen LogP contribution in [0, 0.1) is 23.4 Å². The number of fused-ring (bicyclic) bond motifs is 4. The first kappa shape index (κ1) is 49.8. The number of furan rings is 1. The first-order valence-electron chi connectivity index (χ1n) is 27.1. The molecule has 0 N–H and O–H groups in total. The van der Waals surface area contributed by atoms with Gasteiger partial charge in [-0.25, -0.2) is 0 Å². The summed E-state index contributed by atoms with van der Waals surface area (Å²) in [7, 11) is 0. The number of rotatable bonds is 10. The van der Waals surface area contributed by atoms with E-state index in [2.05, 4.69) is 219 Å². The summed E-state index contributed by atoms with van der Waals surface area (Å²) in [6, 6.07) is 76.8. The summed E-state index contributed by atoms with van der Waals surface area (Å²) in [5.41, 5.74) is 18.9. The third kappa shape index (κ3) is 11.1. The van der Waals surface area contributed by atoms with Crippen molar-refractivity contribution in [2.75, 3.05) is 0 Å². The molecule has 0 amide bonds. The summed E-state index contributed by atoms with van der Waals surface area (Å²) in [6.07, 6.45) is 0.0934. The van der Waals surface area contributed by atoms with Crippen LogP contribution in [0.4, 0.5) is 4.39 Å². The van der Waals surface area contributed by atoms with Crippen LogP contribution in [0.5, 0.6) is 0 Å². The summed E-state index contributed by atoms with van der Waals surface area (Å²) in [5.74, 6) is 0.995. The number of halogens is 1. The number of benzene rings is 9. The van der Waals surface area contributed by atoms with Crippen LogP contribution in [0.15, 0.2) is 217 Å². The molecule has 12 rings (SSSR count). The Morgan fingerprint density at radius 2 is 1.16 bits per heavy atom. The largest absolute Gasteiger partial charge is 0.501 e. The van der Waals surface area contributed by atoms with E-state index in [4.69, 9.17) is 12.1 Å². The van der Waals surface area contributed by atoms with Gasteiger partial charge in [-0.1, -0.05) is 186 Å². The van der Waals surface area contributed by atoms with E-state index in [0.717, 1.165) is 55.5 Å². The van der Waals surface area contributed by atoms with Crippen molar-refractivity contribution in [3.8, 4) is 72.8 Å². The van der Waals surface area contributed by atoms with Gasteiger partial charge < -0.3 is 14.0 Å². The minimum absolute atomic E-state index is 0. The molecule has 383 valence electrons. The first-order chi connectivity index (χ1) is 37.6. The van der Waals surface area contributed by atoms with Crippen molar-refractivity contribution in [1.29, 1.82) is 0 Å². The molecule has 77 heavy (non-hydrogen) atoms. The summed E-state index contributed by atoms with van der Waals surface area (Å²) in [6.45, 7) is 14.7. The van der Waals surface area contributed by atoms with E-state index in [9.17, 15) is 4.39 Å². The summed E-state index contributed by atoms with van der Waals surface area (Å²) >= 11 is 0. The maximum atomic E-state index is 12.9. The van der Waals surface area contributed by atoms with E-state index < -0.39 is 11.8 Å². The van der Waals surface area contributed by atoms with Crippen LogP contribution in [0.25, 0.3) is 106 Å². The number of hydrogen-bond acceptors (Lipinski definition) is 3. The molecule has 0 bridgehead atoms. The monoisotopic (exact) mass is 1180 g/mol. The van der Waals surface area contributed by atoms with Crippen molar-refractivity contribution >= 4 is 33.0 Å². The van der Waals surface area contributed by atoms with Gasteiger partial charge in [0.05, 0.1) is 22.4 Å². The van der Waals surface area contributed by atoms with Gasteiger partial charge in [-0.15, -0.1) is 48.0 Å². The van der Waals surface area contributed by atoms with Gasteiger partial charge in [0.15, 0.2) is 0 Å². The first-order valence-corrected chi connectivity index (χ1v) is 26.1. The molecule has 0 atom stereocenters. The fourth-order valence-electron chi connectivity index (χ4n) is 10.2. The Morgan fingerprint density at radius 3 is 1.73 bits per heavy atom. The van der Waals surface area contributed by atoms with Gasteiger partial charge in [-0.05, 0) is 140 Å². The predicted octanol–water partition coefficient (Wildman–Crippen LogP) is 19.6. The predicted molar refractivity (Wildman–Crippen MR) is 314 cm³/mol. The fraction of sp³-hybridized carbons (Fsp3) is 0.155. The minimum Gasteiger partial charge on any atom is -0.501 e. The second kappa shape index (κ2) is 22.3. The molecular formula is C71H60FIrN3O-2. The number of hydrogen-bond donors (Lipinski definition) is 0. The number of para-hydroxylation sites is 2. The summed E-state index contributed by atoms with van der Waals surface area (Å²) < 4.78 is 38.8. The third-order valence-electron chi connectivity index (χ3n) is 13.8. The zero-order valence-corrected chi connectivity index (χ0v) is 46.7. The third-order valence-corrected chi connectivity index (χ3v) is 13.8. The van der Waals surface area contributed by atoms with Crippen molar-refractivity contribution in [3.05, 3.63) is 247 Å². The Hall–Kier alpha value is -8.02. The van der Waals surface area contributed by atoms with Crippen molar-refractivity contribution in [2.24, 2.45) is 5.41 Å². The van der Waals surface area contributed by atoms with Crippen LogP contribution in [-0.4, -0.2) is 14.5 Å². The van der Waals surface area contributed by atoms with Crippen LogP contribution >= 0.6 is 0 Å². The zero-order chi connectivity index (χ0) is 54.3. The quantitative estimate of drug-likeness (QED) is 0.128. The minimum atomic E-state index is -1.48. The molecule has 0 aliphatic heterocycles. The number of nitrogens with zero attached hydrogens (tertiary/aromatic N) is 3. The zero-order valence-electron chi connectivity index (χ0n) is 46.3. The van der Waals surface area contributed by atoms with Gasteiger partial charge in [0.25, 0.3) is 0 Å². The van der Waals surface area contributed by atoms with Crippen molar-refractivity contribution in [2.45, 2.75) is 66.7 Å². The molecule has 4 nitrogen and oxygen atoms in total. The van der Waals surface area contributed by atoms with Gasteiger partial charge in [0.2, 0.25) is 0 Å². The fourth-order valence-corrected chi connectivity index (χ4v) is 10.2. The number of aromatic nitrogens is 3. The SMILES string of the molecule is CC(C)c1cc(-c2ccccc2)cc(C(C)C)c1-n1c(-c2[c-]ccc3c2oc2cc(-c4cc(-c5ccccc5)cc(-c5ccccc5)c4)ccc23)nc2ccccc21.[2H]C([2H])(c1ccnc(-c2[c-]cc(F)cc2)c1)C(C)(C)C.[Ir]. The maximum Gasteiger partial charge on any atom is 0.121 e. The van der Waals surface area contributed by atoms with E-state index in [1.54, 1.807) is 24.4 Å². The number of pyridine rings is 1. The van der Waals surface area contributed by atoms with E-state index in [0.29, 0.717) is 16.8 Å². The van der Waals surface area contributed by atoms with Crippen LogP contribution in [0.1, 0.15) is 79.7 Å². The van der Waals surface area contributed by atoms with E-state index in [1.807, 2.05) is 26.8 Å². The molecule has 0 saturated heterocycles. The van der Waals surface area contributed by atoms with E-state index in [1.165, 1.54) is 62.3 Å². The molecule has 1 radical (unpaired) electrons. The molecule has 9 aromatic carbocycles. The molecule has 3 heterocycles. The Kier molecular flexibility index (Phi) is 14.4. The smallest absolute Gasteiger partial charge is 0.121 e. The van der Waals surface area contributed by atoms with Gasteiger partial charge >= 0.3 is 0 Å². The summed E-state index contributed by atoms with van der Waals surface area (Å²) in [4.78, 5) is 9.59. The van der Waals surface area contributed by atoms with Crippen molar-refractivity contribution in [1.82, 2.24) is 14.5 Å². The number of imidazole rings is 1. The molecule has 0 unspecified atom stereocenters. The molecule has 0 fully saturated rings. The molecule has 0 saturated carbocycles. The second-order valence-electron chi connectivity index (χ2n) is 21.1. The summed E-state index contributed by atoms with van der Waals surface area (Å²) in [5, 5.41) is 2.11. The molecule has 6 heteroatoms.